The summed E-state index contributed by atoms with van der Waals surface area (Å²) in [5, 5.41) is 9.37. The molecule has 0 aromatic carbocycles. The summed E-state index contributed by atoms with van der Waals surface area (Å²) in [7, 11) is 0. The van der Waals surface area contributed by atoms with E-state index in [9.17, 15) is 9.90 Å². The molecular formula is C9H18O2. The number of ketones is 1. The third-order valence-corrected chi connectivity index (χ3v) is 1.96. The van der Waals surface area contributed by atoms with Crippen molar-refractivity contribution in [2.45, 2.75) is 46.1 Å². The van der Waals surface area contributed by atoms with Crippen molar-refractivity contribution in [3.05, 3.63) is 0 Å². The molecular weight excluding hydrogens is 140 g/mol. The molecule has 0 aliphatic heterocycles. The Kier molecular flexibility index (Phi) is 3.73. The zero-order valence-corrected chi connectivity index (χ0v) is 7.85. The van der Waals surface area contributed by atoms with Crippen molar-refractivity contribution in [2.24, 2.45) is 5.92 Å². The molecule has 2 heteroatoms. The lowest BCUT2D eigenvalue weighted by molar-refractivity contribution is -0.138. The summed E-state index contributed by atoms with van der Waals surface area (Å²) in [4.78, 5) is 11.4. The van der Waals surface area contributed by atoms with Crippen molar-refractivity contribution in [1.29, 1.82) is 0 Å². The number of aliphatic hydroxyl groups is 1. The number of carbonyl (C=O) groups excluding carboxylic acids is 1. The topological polar surface area (TPSA) is 37.3 Å². The zero-order valence-electron chi connectivity index (χ0n) is 7.85. The zero-order chi connectivity index (χ0) is 9.07. The Bertz CT molecular complexity index is 129. The Morgan fingerprint density at radius 1 is 1.36 bits per heavy atom. The first-order chi connectivity index (χ1) is 4.93. The van der Waals surface area contributed by atoms with Crippen LogP contribution in [0.15, 0.2) is 0 Å². The van der Waals surface area contributed by atoms with Crippen LogP contribution in [-0.2, 0) is 4.79 Å². The summed E-state index contributed by atoms with van der Waals surface area (Å²) >= 11 is 0. The van der Waals surface area contributed by atoms with E-state index in [4.69, 9.17) is 0 Å². The molecule has 0 fully saturated rings. The minimum absolute atomic E-state index is 0.0231. The van der Waals surface area contributed by atoms with Crippen molar-refractivity contribution >= 4 is 5.78 Å². The molecule has 0 heterocycles. The molecule has 0 radical (unpaired) electrons. The number of Topliss-reactive ketones (excluding diaryl/α,β-unsaturated/α-hetero) is 1. The lowest BCUT2D eigenvalue weighted by atomic mass is 9.88. The van der Waals surface area contributed by atoms with Gasteiger partial charge in [-0.3, -0.25) is 4.79 Å². The van der Waals surface area contributed by atoms with E-state index in [0.29, 0.717) is 0 Å². The molecule has 0 bridgehead atoms. The Labute approximate surface area is 68.6 Å². The molecule has 2 nitrogen and oxygen atoms in total. The summed E-state index contributed by atoms with van der Waals surface area (Å²) in [5.74, 6) is -0.0162. The Balaban J connectivity index is 4.22. The highest BCUT2D eigenvalue weighted by Gasteiger charge is 2.28. The van der Waals surface area contributed by atoms with Gasteiger partial charge in [-0.15, -0.1) is 0 Å². The number of rotatable bonds is 4. The van der Waals surface area contributed by atoms with E-state index in [1.807, 2.05) is 13.8 Å². The van der Waals surface area contributed by atoms with Crippen molar-refractivity contribution in [3.8, 4) is 0 Å². The van der Waals surface area contributed by atoms with Crippen LogP contribution in [0.1, 0.15) is 40.5 Å². The standard InChI is InChI=1S/C9H18O2/c1-5-7(6-2)8(10)9(3,4)11/h7,11H,5-6H2,1-4H3. The molecule has 0 rings (SSSR count). The van der Waals surface area contributed by atoms with Crippen LogP contribution in [0.2, 0.25) is 0 Å². The van der Waals surface area contributed by atoms with Crippen LogP contribution in [0.25, 0.3) is 0 Å². The summed E-state index contributed by atoms with van der Waals surface area (Å²) in [6, 6.07) is 0. The maximum Gasteiger partial charge on any atom is 0.166 e. The van der Waals surface area contributed by atoms with Crippen LogP contribution in [0, 0.1) is 5.92 Å². The summed E-state index contributed by atoms with van der Waals surface area (Å²) < 4.78 is 0. The van der Waals surface area contributed by atoms with E-state index in [2.05, 4.69) is 0 Å². The van der Waals surface area contributed by atoms with Crippen LogP contribution in [-0.4, -0.2) is 16.5 Å². The van der Waals surface area contributed by atoms with Gasteiger partial charge in [0.15, 0.2) is 5.78 Å². The predicted molar refractivity (Wildman–Crippen MR) is 45.4 cm³/mol. The average Bonchev–Trinajstić information content (AvgIpc) is 1.88. The smallest absolute Gasteiger partial charge is 0.166 e. The van der Waals surface area contributed by atoms with E-state index in [1.165, 1.54) is 0 Å². The Morgan fingerprint density at radius 2 is 1.73 bits per heavy atom. The predicted octanol–water partition coefficient (Wildman–Crippen LogP) is 1.76. The average molecular weight is 158 g/mol. The first-order valence-electron chi connectivity index (χ1n) is 4.20. The number of hydrogen-bond acceptors (Lipinski definition) is 2. The van der Waals surface area contributed by atoms with Crippen molar-refractivity contribution in [3.63, 3.8) is 0 Å². The first kappa shape index (κ1) is 10.6. The monoisotopic (exact) mass is 158 g/mol. The molecule has 0 aromatic rings. The van der Waals surface area contributed by atoms with E-state index in [0.717, 1.165) is 12.8 Å². The van der Waals surface area contributed by atoms with E-state index < -0.39 is 5.60 Å². The normalized spacial score (nSPS) is 12.2. The summed E-state index contributed by atoms with van der Waals surface area (Å²) in [6.45, 7) is 7.04. The van der Waals surface area contributed by atoms with Gasteiger partial charge in [-0.1, -0.05) is 13.8 Å². The second kappa shape index (κ2) is 3.86. The number of carbonyl (C=O) groups is 1. The van der Waals surface area contributed by atoms with Gasteiger partial charge >= 0.3 is 0 Å². The molecule has 0 aromatic heterocycles. The molecule has 1 N–H and O–H groups in total. The van der Waals surface area contributed by atoms with Crippen LogP contribution >= 0.6 is 0 Å². The quantitative estimate of drug-likeness (QED) is 0.677. The highest BCUT2D eigenvalue weighted by atomic mass is 16.3. The fourth-order valence-electron chi connectivity index (χ4n) is 1.16. The summed E-state index contributed by atoms with van der Waals surface area (Å²) in [6.07, 6.45) is 1.64. The second-order valence-corrected chi connectivity index (χ2v) is 3.44. The molecule has 0 aliphatic carbocycles. The molecule has 0 saturated heterocycles. The van der Waals surface area contributed by atoms with Crippen molar-refractivity contribution in [1.82, 2.24) is 0 Å². The van der Waals surface area contributed by atoms with Crippen LogP contribution in [0.4, 0.5) is 0 Å². The highest BCUT2D eigenvalue weighted by molar-refractivity contribution is 5.88. The SMILES string of the molecule is CCC(CC)C(=O)C(C)(C)O. The van der Waals surface area contributed by atoms with Gasteiger partial charge in [0.1, 0.15) is 5.60 Å². The van der Waals surface area contributed by atoms with Gasteiger partial charge in [0.2, 0.25) is 0 Å². The third-order valence-electron chi connectivity index (χ3n) is 1.96. The van der Waals surface area contributed by atoms with E-state index in [-0.39, 0.29) is 11.7 Å². The maximum atomic E-state index is 11.4. The Hall–Kier alpha value is -0.370. The fourth-order valence-corrected chi connectivity index (χ4v) is 1.16. The molecule has 11 heavy (non-hydrogen) atoms. The van der Waals surface area contributed by atoms with Gasteiger partial charge in [-0.25, -0.2) is 0 Å². The van der Waals surface area contributed by atoms with Crippen LogP contribution in [0.5, 0.6) is 0 Å². The van der Waals surface area contributed by atoms with Gasteiger partial charge < -0.3 is 5.11 Å². The molecule has 66 valence electrons. The first-order valence-corrected chi connectivity index (χ1v) is 4.20. The van der Waals surface area contributed by atoms with Gasteiger partial charge in [0.05, 0.1) is 0 Å². The molecule has 0 atom stereocenters. The second-order valence-electron chi connectivity index (χ2n) is 3.44. The number of hydrogen-bond donors (Lipinski definition) is 1. The molecule has 0 amide bonds. The molecule has 0 spiro atoms. The van der Waals surface area contributed by atoms with Gasteiger partial charge in [-0.2, -0.15) is 0 Å². The van der Waals surface area contributed by atoms with E-state index in [1.54, 1.807) is 13.8 Å². The van der Waals surface area contributed by atoms with Gasteiger partial charge in [0, 0.05) is 5.92 Å². The summed E-state index contributed by atoms with van der Waals surface area (Å²) in [5.41, 5.74) is -1.16. The lowest BCUT2D eigenvalue weighted by Crippen LogP contribution is -2.36. The fraction of sp³-hybridized carbons (Fsp3) is 0.889. The van der Waals surface area contributed by atoms with Gasteiger partial charge in [-0.05, 0) is 26.7 Å². The van der Waals surface area contributed by atoms with Gasteiger partial charge in [0.25, 0.3) is 0 Å². The lowest BCUT2D eigenvalue weighted by Gasteiger charge is -2.21. The van der Waals surface area contributed by atoms with Crippen molar-refractivity contribution < 1.29 is 9.90 Å². The molecule has 0 unspecified atom stereocenters. The Morgan fingerprint density at radius 3 is 1.82 bits per heavy atom. The largest absolute Gasteiger partial charge is 0.383 e. The third kappa shape index (κ3) is 3.02. The molecule has 0 saturated carbocycles. The minimum atomic E-state index is -1.16. The van der Waals surface area contributed by atoms with Crippen molar-refractivity contribution in [2.75, 3.05) is 0 Å². The van der Waals surface area contributed by atoms with E-state index >= 15 is 0 Å². The van der Waals surface area contributed by atoms with Crippen LogP contribution < -0.4 is 0 Å². The minimum Gasteiger partial charge on any atom is -0.383 e. The highest BCUT2D eigenvalue weighted by Crippen LogP contribution is 2.17. The maximum absolute atomic E-state index is 11.4. The van der Waals surface area contributed by atoms with Crippen LogP contribution in [0.3, 0.4) is 0 Å². The molecule has 0 aliphatic rings.